The van der Waals surface area contributed by atoms with Crippen LogP contribution in [0, 0.1) is 0 Å². The first kappa shape index (κ1) is 9.90. The minimum Gasteiger partial charge on any atom is -0.479 e. The van der Waals surface area contributed by atoms with Crippen molar-refractivity contribution in [2.24, 2.45) is 5.73 Å². The highest BCUT2D eigenvalue weighted by Gasteiger charge is 2.13. The van der Waals surface area contributed by atoms with Crippen LogP contribution in [0.25, 0.3) is 0 Å². The molecule has 0 saturated heterocycles. The van der Waals surface area contributed by atoms with Crippen molar-refractivity contribution in [3.05, 3.63) is 0 Å². The quantitative estimate of drug-likeness (QED) is 0.535. The highest BCUT2D eigenvalue weighted by Crippen LogP contribution is 1.89. The number of carbonyl (C=O) groups excluding carboxylic acids is 1. The first-order valence-corrected chi connectivity index (χ1v) is 3.22. The zero-order valence-corrected chi connectivity index (χ0v) is 6.24. The monoisotopic (exact) mass is 161 g/mol. The van der Waals surface area contributed by atoms with Crippen molar-refractivity contribution in [3.63, 3.8) is 0 Å². The minimum absolute atomic E-state index is 0.443. The molecule has 0 bridgehead atoms. The van der Waals surface area contributed by atoms with Crippen LogP contribution < -0.4 is 5.73 Å². The molecular weight excluding hydrogens is 150 g/mol. The largest absolute Gasteiger partial charge is 0.479 e. The first-order valence-electron chi connectivity index (χ1n) is 3.22. The molecule has 0 aromatic carbocycles. The molecule has 0 spiro atoms. The van der Waals surface area contributed by atoms with E-state index in [2.05, 4.69) is 4.74 Å². The fraction of sp³-hybridized carbons (Fsp3) is 0.667. The lowest BCUT2D eigenvalue weighted by Gasteiger charge is -2.06. The van der Waals surface area contributed by atoms with E-state index in [9.17, 15) is 9.59 Å². The van der Waals surface area contributed by atoms with Crippen LogP contribution in [0.3, 0.4) is 0 Å². The Morgan fingerprint density at radius 1 is 1.64 bits per heavy atom. The van der Waals surface area contributed by atoms with Crippen LogP contribution in [0.5, 0.6) is 0 Å². The molecule has 0 aliphatic heterocycles. The number of carboxylic acid groups (broad SMARTS) is 1. The lowest BCUT2D eigenvalue weighted by Crippen LogP contribution is -2.32. The van der Waals surface area contributed by atoms with Crippen LogP contribution in [0.1, 0.15) is 13.3 Å². The van der Waals surface area contributed by atoms with E-state index in [4.69, 9.17) is 10.8 Å². The molecular formula is C6H11NO4. The fourth-order valence-corrected chi connectivity index (χ4v) is 0.407. The Hall–Kier alpha value is -1.10. The SMILES string of the molecule is CC[C@H](N)C(=O)OCC(=O)O. The molecule has 0 aliphatic rings. The summed E-state index contributed by atoms with van der Waals surface area (Å²) in [6, 6.07) is -0.714. The summed E-state index contributed by atoms with van der Waals surface area (Å²) in [4.78, 5) is 20.6. The Balaban J connectivity index is 3.60. The van der Waals surface area contributed by atoms with Crippen LogP contribution in [0.15, 0.2) is 0 Å². The highest BCUT2D eigenvalue weighted by atomic mass is 16.5. The summed E-state index contributed by atoms with van der Waals surface area (Å²) in [5.41, 5.74) is 5.24. The van der Waals surface area contributed by atoms with Gasteiger partial charge in [0.1, 0.15) is 6.04 Å². The number of aliphatic carboxylic acids is 1. The van der Waals surface area contributed by atoms with Gasteiger partial charge in [-0.25, -0.2) is 4.79 Å². The van der Waals surface area contributed by atoms with Gasteiger partial charge in [-0.1, -0.05) is 6.92 Å². The number of ether oxygens (including phenoxy) is 1. The second-order valence-corrected chi connectivity index (χ2v) is 2.02. The molecule has 0 aromatic heterocycles. The van der Waals surface area contributed by atoms with E-state index >= 15 is 0 Å². The average molecular weight is 161 g/mol. The van der Waals surface area contributed by atoms with E-state index < -0.39 is 24.6 Å². The first-order chi connectivity index (χ1) is 5.07. The predicted octanol–water partition coefficient (Wildman–Crippen LogP) is -0.648. The van der Waals surface area contributed by atoms with Gasteiger partial charge in [-0.3, -0.25) is 4.79 Å². The van der Waals surface area contributed by atoms with E-state index in [1.807, 2.05) is 0 Å². The van der Waals surface area contributed by atoms with Gasteiger partial charge in [0.05, 0.1) is 0 Å². The zero-order valence-electron chi connectivity index (χ0n) is 6.24. The van der Waals surface area contributed by atoms with Crippen molar-refractivity contribution < 1.29 is 19.4 Å². The van der Waals surface area contributed by atoms with E-state index in [0.29, 0.717) is 6.42 Å². The molecule has 0 saturated carbocycles. The molecule has 11 heavy (non-hydrogen) atoms. The van der Waals surface area contributed by atoms with E-state index in [1.54, 1.807) is 6.92 Å². The van der Waals surface area contributed by atoms with Gasteiger partial charge in [0, 0.05) is 0 Å². The number of carbonyl (C=O) groups is 2. The van der Waals surface area contributed by atoms with Crippen LogP contribution in [0.2, 0.25) is 0 Å². The predicted molar refractivity (Wildman–Crippen MR) is 36.9 cm³/mol. The summed E-state index contributed by atoms with van der Waals surface area (Å²) >= 11 is 0. The molecule has 0 heterocycles. The minimum atomic E-state index is -1.18. The van der Waals surface area contributed by atoms with Crippen LogP contribution in [-0.2, 0) is 14.3 Å². The van der Waals surface area contributed by atoms with Crippen LogP contribution in [-0.4, -0.2) is 29.7 Å². The number of carboxylic acids is 1. The molecule has 5 heteroatoms. The van der Waals surface area contributed by atoms with Crippen molar-refractivity contribution in [1.82, 2.24) is 0 Å². The van der Waals surface area contributed by atoms with Crippen molar-refractivity contribution in [2.75, 3.05) is 6.61 Å². The van der Waals surface area contributed by atoms with Crippen molar-refractivity contribution in [1.29, 1.82) is 0 Å². The molecule has 0 amide bonds. The van der Waals surface area contributed by atoms with Gasteiger partial charge in [0.2, 0.25) is 0 Å². The summed E-state index contributed by atoms with van der Waals surface area (Å²) in [6.07, 6.45) is 0.443. The molecule has 0 radical (unpaired) electrons. The average Bonchev–Trinajstić information content (AvgIpc) is 1.98. The lowest BCUT2D eigenvalue weighted by atomic mass is 10.2. The van der Waals surface area contributed by atoms with Gasteiger partial charge in [-0.15, -0.1) is 0 Å². The smallest absolute Gasteiger partial charge is 0.341 e. The normalized spacial score (nSPS) is 12.2. The van der Waals surface area contributed by atoms with Gasteiger partial charge in [0.25, 0.3) is 0 Å². The summed E-state index contributed by atoms with van der Waals surface area (Å²) in [5.74, 6) is -1.85. The highest BCUT2D eigenvalue weighted by molar-refractivity contribution is 5.78. The zero-order chi connectivity index (χ0) is 8.85. The summed E-state index contributed by atoms with van der Waals surface area (Å²) < 4.78 is 4.29. The second kappa shape index (κ2) is 4.68. The molecule has 64 valence electrons. The van der Waals surface area contributed by atoms with Crippen molar-refractivity contribution >= 4 is 11.9 Å². The molecule has 0 aromatic rings. The Kier molecular flexibility index (Phi) is 4.21. The van der Waals surface area contributed by atoms with Gasteiger partial charge in [-0.2, -0.15) is 0 Å². The number of rotatable bonds is 4. The lowest BCUT2D eigenvalue weighted by molar-refractivity contribution is -0.156. The number of nitrogens with two attached hydrogens (primary N) is 1. The number of hydrogen-bond donors (Lipinski definition) is 2. The van der Waals surface area contributed by atoms with Crippen LogP contribution >= 0.6 is 0 Å². The van der Waals surface area contributed by atoms with Crippen LogP contribution in [0.4, 0.5) is 0 Å². The molecule has 0 fully saturated rings. The topological polar surface area (TPSA) is 89.6 Å². The molecule has 1 atom stereocenters. The summed E-state index contributed by atoms with van der Waals surface area (Å²) in [7, 11) is 0. The number of esters is 1. The summed E-state index contributed by atoms with van der Waals surface area (Å²) in [6.45, 7) is 1.10. The third-order valence-corrected chi connectivity index (χ3v) is 1.08. The molecule has 0 aliphatic carbocycles. The Bertz CT molecular complexity index is 157. The molecule has 3 N–H and O–H groups in total. The third kappa shape index (κ3) is 4.32. The molecule has 5 nitrogen and oxygen atoms in total. The molecule has 0 rings (SSSR count). The maximum absolute atomic E-state index is 10.7. The third-order valence-electron chi connectivity index (χ3n) is 1.08. The summed E-state index contributed by atoms with van der Waals surface area (Å²) in [5, 5.41) is 8.10. The molecule has 0 unspecified atom stereocenters. The Labute approximate surface area is 64.1 Å². The number of hydrogen-bond acceptors (Lipinski definition) is 4. The van der Waals surface area contributed by atoms with Crippen molar-refractivity contribution in [3.8, 4) is 0 Å². The van der Waals surface area contributed by atoms with Gasteiger partial charge in [-0.05, 0) is 6.42 Å². The van der Waals surface area contributed by atoms with Gasteiger partial charge in [0.15, 0.2) is 6.61 Å². The standard InChI is InChI=1S/C6H11NO4/c1-2-4(7)6(10)11-3-5(8)9/h4H,2-3,7H2,1H3,(H,8,9)/t4-/m0/s1. The van der Waals surface area contributed by atoms with E-state index in [-0.39, 0.29) is 0 Å². The maximum atomic E-state index is 10.7. The fourth-order valence-electron chi connectivity index (χ4n) is 0.407. The Morgan fingerprint density at radius 2 is 2.18 bits per heavy atom. The Morgan fingerprint density at radius 3 is 2.55 bits per heavy atom. The maximum Gasteiger partial charge on any atom is 0.341 e. The van der Waals surface area contributed by atoms with Gasteiger partial charge >= 0.3 is 11.9 Å². The van der Waals surface area contributed by atoms with E-state index in [0.717, 1.165) is 0 Å². The second-order valence-electron chi connectivity index (χ2n) is 2.02. The van der Waals surface area contributed by atoms with E-state index in [1.165, 1.54) is 0 Å². The van der Waals surface area contributed by atoms with Crippen molar-refractivity contribution in [2.45, 2.75) is 19.4 Å². The van der Waals surface area contributed by atoms with Gasteiger partial charge < -0.3 is 15.6 Å².